The van der Waals surface area contributed by atoms with Gasteiger partial charge in [-0.3, -0.25) is 4.79 Å². The van der Waals surface area contributed by atoms with Gasteiger partial charge in [-0.1, -0.05) is 0 Å². The summed E-state index contributed by atoms with van der Waals surface area (Å²) in [6, 6.07) is 3.39. The van der Waals surface area contributed by atoms with Gasteiger partial charge >= 0.3 is 5.97 Å². The molecule has 0 fully saturated rings. The van der Waals surface area contributed by atoms with Gasteiger partial charge in [-0.25, -0.2) is 0 Å². The Labute approximate surface area is 98.2 Å². The number of carbonyl (C=O) groups is 1. The Kier molecular flexibility index (Phi) is 3.91. The lowest BCUT2D eigenvalue weighted by atomic mass is 10.0. The second kappa shape index (κ2) is 5.18. The van der Waals surface area contributed by atoms with Gasteiger partial charge in [0.1, 0.15) is 6.04 Å². The highest BCUT2D eigenvalue weighted by molar-refractivity contribution is 5.79. The molecule has 6 heteroatoms. The van der Waals surface area contributed by atoms with Gasteiger partial charge in [0.2, 0.25) is 0 Å². The molecule has 6 nitrogen and oxygen atoms in total. The number of nitrogens with zero attached hydrogens (tertiary/aromatic N) is 1. The van der Waals surface area contributed by atoms with Gasteiger partial charge in [0.25, 0.3) is 0 Å². The lowest BCUT2D eigenvalue weighted by Crippen LogP contribution is -2.22. The van der Waals surface area contributed by atoms with E-state index in [0.717, 1.165) is 0 Å². The molecule has 1 rings (SSSR count). The molecule has 0 aliphatic rings. The van der Waals surface area contributed by atoms with Crippen molar-refractivity contribution in [3.63, 3.8) is 0 Å². The molecular formula is C11H12N2O4. The molecule has 1 atom stereocenters. The number of rotatable bonds is 3. The smallest absolute Gasteiger partial charge is 0.327 e. The van der Waals surface area contributed by atoms with Crippen molar-refractivity contribution in [2.24, 2.45) is 5.73 Å². The topological polar surface area (TPSA) is 106 Å². The van der Waals surface area contributed by atoms with E-state index in [2.05, 4.69) is 4.74 Å². The van der Waals surface area contributed by atoms with Crippen LogP contribution < -0.4 is 10.5 Å². The van der Waals surface area contributed by atoms with Crippen LogP contribution >= 0.6 is 0 Å². The summed E-state index contributed by atoms with van der Waals surface area (Å²) in [4.78, 5) is 11.3. The molecule has 0 aliphatic heterocycles. The van der Waals surface area contributed by atoms with E-state index < -0.39 is 12.0 Å². The first kappa shape index (κ1) is 12.8. The zero-order valence-corrected chi connectivity index (χ0v) is 9.43. The molecule has 17 heavy (non-hydrogen) atoms. The second-order valence-corrected chi connectivity index (χ2v) is 3.23. The van der Waals surface area contributed by atoms with Crippen LogP contribution in [0, 0.1) is 11.3 Å². The highest BCUT2D eigenvalue weighted by Gasteiger charge is 2.23. The number of aromatic hydroxyl groups is 1. The second-order valence-electron chi connectivity index (χ2n) is 3.23. The molecule has 0 heterocycles. The van der Waals surface area contributed by atoms with Gasteiger partial charge in [-0.2, -0.15) is 5.26 Å². The molecule has 0 amide bonds. The first-order chi connectivity index (χ1) is 8.04. The third kappa shape index (κ3) is 2.46. The molecule has 1 aromatic carbocycles. The van der Waals surface area contributed by atoms with Crippen LogP contribution in [-0.2, 0) is 9.53 Å². The predicted molar refractivity (Wildman–Crippen MR) is 58.3 cm³/mol. The van der Waals surface area contributed by atoms with E-state index in [0.29, 0.717) is 0 Å². The minimum atomic E-state index is -1.16. The fourth-order valence-corrected chi connectivity index (χ4v) is 1.34. The third-order valence-corrected chi connectivity index (χ3v) is 2.24. The highest BCUT2D eigenvalue weighted by atomic mass is 16.5. The van der Waals surface area contributed by atoms with E-state index in [4.69, 9.17) is 15.7 Å². The molecule has 3 N–H and O–H groups in total. The Hall–Kier alpha value is -2.26. The summed E-state index contributed by atoms with van der Waals surface area (Å²) < 4.78 is 9.35. The highest BCUT2D eigenvalue weighted by Crippen LogP contribution is 2.34. The fourth-order valence-electron chi connectivity index (χ4n) is 1.34. The summed E-state index contributed by atoms with van der Waals surface area (Å²) in [6.45, 7) is 0. The van der Waals surface area contributed by atoms with E-state index in [-0.39, 0.29) is 22.6 Å². The van der Waals surface area contributed by atoms with Crippen molar-refractivity contribution in [1.82, 2.24) is 0 Å². The van der Waals surface area contributed by atoms with Crippen molar-refractivity contribution in [3.05, 3.63) is 23.3 Å². The van der Waals surface area contributed by atoms with Gasteiger partial charge < -0.3 is 20.3 Å². The Bertz CT molecular complexity index is 479. The number of nitriles is 1. The third-order valence-electron chi connectivity index (χ3n) is 2.24. The maximum absolute atomic E-state index is 11.3. The number of phenolic OH excluding ortho intramolecular Hbond substituents is 1. The zero-order valence-electron chi connectivity index (χ0n) is 9.43. The molecule has 0 aliphatic carbocycles. The number of esters is 1. The molecule has 0 saturated heterocycles. The largest absolute Gasteiger partial charge is 0.504 e. The maximum Gasteiger partial charge on any atom is 0.327 e. The summed E-state index contributed by atoms with van der Waals surface area (Å²) in [5, 5.41) is 18.6. The minimum absolute atomic E-state index is 0.0819. The molecule has 0 bridgehead atoms. The SMILES string of the molecule is COC(=O)[C@@H](N)c1cc(C#N)cc(OC)c1O. The quantitative estimate of drug-likeness (QED) is 0.738. The number of ether oxygens (including phenoxy) is 2. The molecule has 0 unspecified atom stereocenters. The molecule has 0 aromatic heterocycles. The number of hydrogen-bond acceptors (Lipinski definition) is 6. The number of carbonyl (C=O) groups excluding carboxylic acids is 1. The van der Waals surface area contributed by atoms with Crippen molar-refractivity contribution in [3.8, 4) is 17.6 Å². The monoisotopic (exact) mass is 236 g/mol. The Morgan fingerprint density at radius 2 is 2.18 bits per heavy atom. The van der Waals surface area contributed by atoms with E-state index in [1.807, 2.05) is 6.07 Å². The van der Waals surface area contributed by atoms with E-state index >= 15 is 0 Å². The zero-order chi connectivity index (χ0) is 13.0. The van der Waals surface area contributed by atoms with Crippen molar-refractivity contribution >= 4 is 5.97 Å². The Morgan fingerprint density at radius 3 is 2.65 bits per heavy atom. The van der Waals surface area contributed by atoms with Crippen LogP contribution in [0.25, 0.3) is 0 Å². The molecule has 1 aromatic rings. The first-order valence-corrected chi connectivity index (χ1v) is 4.69. The number of hydrogen-bond donors (Lipinski definition) is 2. The summed E-state index contributed by atoms with van der Waals surface area (Å²) >= 11 is 0. The molecular weight excluding hydrogens is 224 g/mol. The van der Waals surface area contributed by atoms with Crippen LogP contribution in [0.4, 0.5) is 0 Å². The summed E-state index contributed by atoms with van der Waals surface area (Å²) in [6.07, 6.45) is 0. The lowest BCUT2D eigenvalue weighted by molar-refractivity contribution is -0.142. The normalized spacial score (nSPS) is 11.4. The number of benzene rings is 1. The maximum atomic E-state index is 11.3. The summed E-state index contributed by atoms with van der Waals surface area (Å²) in [5.41, 5.74) is 5.92. The summed E-state index contributed by atoms with van der Waals surface area (Å²) in [7, 11) is 2.52. The minimum Gasteiger partial charge on any atom is -0.504 e. The van der Waals surface area contributed by atoms with Gasteiger partial charge in [-0.15, -0.1) is 0 Å². The average molecular weight is 236 g/mol. The van der Waals surface area contributed by atoms with E-state index in [9.17, 15) is 9.90 Å². The molecule has 0 spiro atoms. The van der Waals surface area contributed by atoms with Gasteiger partial charge in [0.15, 0.2) is 11.5 Å². The van der Waals surface area contributed by atoms with Crippen molar-refractivity contribution in [1.29, 1.82) is 5.26 Å². The standard InChI is InChI=1S/C11H12N2O4/c1-16-8-4-6(5-12)3-7(10(8)14)9(13)11(15)17-2/h3-4,9,14H,13H2,1-2H3/t9-/m0/s1. The number of nitrogens with two attached hydrogens (primary N) is 1. The van der Waals surface area contributed by atoms with E-state index in [1.54, 1.807) is 0 Å². The van der Waals surface area contributed by atoms with Gasteiger partial charge in [0, 0.05) is 11.6 Å². The van der Waals surface area contributed by atoms with Gasteiger partial charge in [-0.05, 0) is 6.07 Å². The Balaban J connectivity index is 3.32. The first-order valence-electron chi connectivity index (χ1n) is 4.69. The number of methoxy groups -OCH3 is 2. The Morgan fingerprint density at radius 1 is 1.53 bits per heavy atom. The number of phenols is 1. The lowest BCUT2D eigenvalue weighted by Gasteiger charge is -2.14. The van der Waals surface area contributed by atoms with Gasteiger partial charge in [0.05, 0.1) is 25.9 Å². The molecule has 0 radical (unpaired) electrons. The van der Waals surface area contributed by atoms with Crippen LogP contribution in [0.5, 0.6) is 11.5 Å². The van der Waals surface area contributed by atoms with Crippen LogP contribution in [0.3, 0.4) is 0 Å². The van der Waals surface area contributed by atoms with E-state index in [1.165, 1.54) is 26.4 Å². The van der Waals surface area contributed by atoms with Crippen LogP contribution in [0.1, 0.15) is 17.2 Å². The van der Waals surface area contributed by atoms with Crippen molar-refractivity contribution < 1.29 is 19.4 Å². The average Bonchev–Trinajstić information content (AvgIpc) is 2.37. The molecule has 90 valence electrons. The van der Waals surface area contributed by atoms with Crippen LogP contribution in [-0.4, -0.2) is 25.3 Å². The van der Waals surface area contributed by atoms with Crippen molar-refractivity contribution in [2.45, 2.75) is 6.04 Å². The summed E-state index contributed by atoms with van der Waals surface area (Å²) in [5.74, 6) is -0.903. The van der Waals surface area contributed by atoms with Crippen molar-refractivity contribution in [2.75, 3.05) is 14.2 Å². The predicted octanol–water partition coefficient (Wildman–Crippen LogP) is 0.445. The fraction of sp³-hybridized carbons (Fsp3) is 0.273. The van der Waals surface area contributed by atoms with Crippen LogP contribution in [0.2, 0.25) is 0 Å². The van der Waals surface area contributed by atoms with Crippen LogP contribution in [0.15, 0.2) is 12.1 Å². The molecule has 0 saturated carbocycles.